The molecule has 1 aliphatic heterocycles. The molecule has 5 aromatic heterocycles. The molecule has 0 bridgehead atoms. The van der Waals surface area contributed by atoms with Gasteiger partial charge in [0.25, 0.3) is 5.56 Å². The van der Waals surface area contributed by atoms with E-state index in [0.29, 0.717) is 34.2 Å². The molecule has 34 heavy (non-hydrogen) atoms. The molecule has 0 radical (unpaired) electrons. The molecular weight excluding hydrogens is 452 g/mol. The van der Waals surface area contributed by atoms with E-state index in [1.165, 1.54) is 11.3 Å². The molecule has 1 aliphatic rings. The van der Waals surface area contributed by atoms with Crippen molar-refractivity contribution in [2.24, 2.45) is 12.5 Å². The van der Waals surface area contributed by atoms with Gasteiger partial charge in [-0.3, -0.25) is 24.2 Å². The Hall–Kier alpha value is -3.57. The zero-order valence-corrected chi connectivity index (χ0v) is 20.2. The van der Waals surface area contributed by atoms with Gasteiger partial charge in [-0.2, -0.15) is 10.2 Å². The Bertz CT molecular complexity index is 1660. The standard InChI is InChI=1S/C23H24N8O2S/c1-12-14(7-25-29(12)4)16-8-31-22(34-16)18-20(28-31)19-15(27-21(18)33)5-13(6-24-19)26-17(32)9-30-10-23(2,3)11-30/h5-8H,9-11H2,1-4H3,(H,26,32)(H,27,33). The minimum Gasteiger partial charge on any atom is -0.324 e. The molecule has 0 spiro atoms. The molecule has 5 aromatic rings. The van der Waals surface area contributed by atoms with E-state index in [4.69, 9.17) is 0 Å². The molecule has 10 nitrogen and oxygen atoms in total. The third-order valence-electron chi connectivity index (χ3n) is 6.35. The van der Waals surface area contributed by atoms with Crippen LogP contribution in [0.25, 0.3) is 37.2 Å². The van der Waals surface area contributed by atoms with Crippen LogP contribution in [0, 0.1) is 12.3 Å². The summed E-state index contributed by atoms with van der Waals surface area (Å²) in [5, 5.41) is 12.4. The van der Waals surface area contributed by atoms with Gasteiger partial charge >= 0.3 is 0 Å². The molecule has 1 saturated heterocycles. The van der Waals surface area contributed by atoms with E-state index in [-0.39, 0.29) is 16.9 Å². The largest absolute Gasteiger partial charge is 0.324 e. The highest BCUT2D eigenvalue weighted by atomic mass is 32.1. The maximum atomic E-state index is 13.0. The fourth-order valence-electron chi connectivity index (χ4n) is 4.76. The Morgan fingerprint density at radius 3 is 2.76 bits per heavy atom. The number of thiazole rings is 1. The van der Waals surface area contributed by atoms with Gasteiger partial charge in [-0.05, 0) is 18.4 Å². The molecule has 6 heterocycles. The molecule has 0 atom stereocenters. The van der Waals surface area contributed by atoms with Gasteiger partial charge in [-0.15, -0.1) is 11.3 Å². The third-order valence-corrected chi connectivity index (χ3v) is 7.48. The van der Waals surface area contributed by atoms with Crippen molar-refractivity contribution in [2.75, 3.05) is 25.0 Å². The van der Waals surface area contributed by atoms with Gasteiger partial charge in [0.1, 0.15) is 21.3 Å². The number of aryl methyl sites for hydroxylation is 1. The topological polar surface area (TPSA) is 113 Å². The summed E-state index contributed by atoms with van der Waals surface area (Å²) < 4.78 is 3.55. The summed E-state index contributed by atoms with van der Waals surface area (Å²) in [4.78, 5) is 36.8. The van der Waals surface area contributed by atoms with Crippen molar-refractivity contribution in [1.82, 2.24) is 34.3 Å². The van der Waals surface area contributed by atoms with Gasteiger partial charge in [0, 0.05) is 37.6 Å². The number of hydrogen-bond donors (Lipinski definition) is 2. The number of pyridine rings is 2. The van der Waals surface area contributed by atoms with E-state index in [2.05, 4.69) is 44.2 Å². The van der Waals surface area contributed by atoms with Crippen LogP contribution < -0.4 is 10.9 Å². The first-order valence-electron chi connectivity index (χ1n) is 11.0. The Kier molecular flexibility index (Phi) is 4.45. The number of aromatic nitrogens is 6. The van der Waals surface area contributed by atoms with E-state index < -0.39 is 0 Å². The number of hydrogen-bond acceptors (Lipinski definition) is 7. The maximum Gasteiger partial charge on any atom is 0.261 e. The van der Waals surface area contributed by atoms with Gasteiger partial charge in [0.15, 0.2) is 0 Å². The fraction of sp³-hybridized carbons (Fsp3) is 0.348. The summed E-state index contributed by atoms with van der Waals surface area (Å²) in [6.45, 7) is 8.53. The minimum absolute atomic E-state index is 0.0965. The number of rotatable bonds is 4. The van der Waals surface area contributed by atoms with Crippen LogP contribution >= 0.6 is 11.3 Å². The summed E-state index contributed by atoms with van der Waals surface area (Å²) in [6, 6.07) is 1.74. The number of likely N-dealkylation sites (tertiary alicyclic amines) is 1. The van der Waals surface area contributed by atoms with Crippen molar-refractivity contribution in [3.8, 4) is 10.4 Å². The van der Waals surface area contributed by atoms with Crippen molar-refractivity contribution < 1.29 is 4.79 Å². The Labute approximate surface area is 198 Å². The second-order valence-electron chi connectivity index (χ2n) is 9.77. The highest BCUT2D eigenvalue weighted by Gasteiger charge is 2.34. The van der Waals surface area contributed by atoms with Gasteiger partial charge in [0.05, 0.1) is 35.0 Å². The molecule has 1 amide bonds. The zero-order valence-electron chi connectivity index (χ0n) is 19.3. The third kappa shape index (κ3) is 3.31. The average molecular weight is 477 g/mol. The Morgan fingerprint density at radius 2 is 2.06 bits per heavy atom. The predicted octanol–water partition coefficient (Wildman–Crippen LogP) is 2.77. The molecule has 0 aromatic carbocycles. The number of amides is 1. The first kappa shape index (κ1) is 21.0. The fourth-order valence-corrected chi connectivity index (χ4v) is 5.91. The van der Waals surface area contributed by atoms with E-state index >= 15 is 0 Å². The van der Waals surface area contributed by atoms with E-state index in [1.807, 2.05) is 31.0 Å². The molecular formula is C23H24N8O2S. The normalized spacial score (nSPS) is 15.9. The van der Waals surface area contributed by atoms with E-state index in [1.54, 1.807) is 16.8 Å². The lowest BCUT2D eigenvalue weighted by atomic mass is 9.84. The van der Waals surface area contributed by atoms with E-state index in [9.17, 15) is 9.59 Å². The molecule has 2 N–H and O–H groups in total. The van der Waals surface area contributed by atoms with Gasteiger partial charge in [0.2, 0.25) is 5.91 Å². The number of aromatic amines is 1. The summed E-state index contributed by atoms with van der Waals surface area (Å²) >= 11 is 1.50. The van der Waals surface area contributed by atoms with Crippen LogP contribution in [0.4, 0.5) is 5.69 Å². The van der Waals surface area contributed by atoms with Gasteiger partial charge in [-0.1, -0.05) is 13.8 Å². The summed E-state index contributed by atoms with van der Waals surface area (Å²) in [5.74, 6) is -0.0965. The van der Waals surface area contributed by atoms with Crippen LogP contribution in [0.3, 0.4) is 0 Å². The number of nitrogens with one attached hydrogen (secondary N) is 2. The van der Waals surface area contributed by atoms with E-state index in [0.717, 1.165) is 34.1 Å². The van der Waals surface area contributed by atoms with Crippen molar-refractivity contribution >= 4 is 49.7 Å². The molecule has 1 fully saturated rings. The number of carbonyl (C=O) groups is 1. The number of carbonyl (C=O) groups excluding carboxylic acids is 1. The molecule has 11 heteroatoms. The van der Waals surface area contributed by atoms with Crippen LogP contribution in [0.1, 0.15) is 19.5 Å². The van der Waals surface area contributed by atoms with Crippen LogP contribution in [0.15, 0.2) is 29.5 Å². The summed E-state index contributed by atoms with van der Waals surface area (Å²) in [7, 11) is 1.90. The predicted molar refractivity (Wildman–Crippen MR) is 132 cm³/mol. The number of H-pyrrole nitrogens is 1. The highest BCUT2D eigenvalue weighted by molar-refractivity contribution is 7.21. The maximum absolute atomic E-state index is 13.0. The van der Waals surface area contributed by atoms with Crippen LogP contribution in [-0.4, -0.2) is 59.8 Å². The Balaban J connectivity index is 1.34. The lowest BCUT2D eigenvalue weighted by molar-refractivity contribution is -0.120. The summed E-state index contributed by atoms with van der Waals surface area (Å²) in [5.41, 5.74) is 4.31. The van der Waals surface area contributed by atoms with Crippen molar-refractivity contribution in [2.45, 2.75) is 20.8 Å². The molecule has 0 saturated carbocycles. The monoisotopic (exact) mass is 476 g/mol. The average Bonchev–Trinajstić information content (AvgIpc) is 3.39. The molecule has 6 rings (SSSR count). The smallest absolute Gasteiger partial charge is 0.261 e. The van der Waals surface area contributed by atoms with Crippen LogP contribution in [-0.2, 0) is 11.8 Å². The molecule has 174 valence electrons. The lowest BCUT2D eigenvalue weighted by Gasteiger charge is -2.45. The van der Waals surface area contributed by atoms with Gasteiger partial charge < -0.3 is 10.3 Å². The SMILES string of the molecule is Cc1c(-c2cn3nc4c5ncc(NC(=O)CN6CC(C)(C)C6)cc5[nH]c(=O)c4c3s2)cnn1C. The first-order valence-corrected chi connectivity index (χ1v) is 11.9. The van der Waals surface area contributed by atoms with Gasteiger partial charge in [-0.25, -0.2) is 4.52 Å². The molecule has 0 unspecified atom stereocenters. The second kappa shape index (κ2) is 7.21. The van der Waals surface area contributed by atoms with Crippen molar-refractivity contribution in [3.05, 3.63) is 40.7 Å². The van der Waals surface area contributed by atoms with Crippen molar-refractivity contribution in [3.63, 3.8) is 0 Å². The number of anilines is 1. The highest BCUT2D eigenvalue weighted by Crippen LogP contribution is 2.34. The van der Waals surface area contributed by atoms with Crippen LogP contribution in [0.5, 0.6) is 0 Å². The second-order valence-corrected chi connectivity index (χ2v) is 10.8. The zero-order chi connectivity index (χ0) is 23.8. The summed E-state index contributed by atoms with van der Waals surface area (Å²) in [6.07, 6.45) is 5.35. The number of nitrogens with zero attached hydrogens (tertiary/aromatic N) is 6. The molecule has 0 aliphatic carbocycles. The first-order chi connectivity index (χ1) is 16.2. The Morgan fingerprint density at radius 1 is 1.26 bits per heavy atom. The lowest BCUT2D eigenvalue weighted by Crippen LogP contribution is -2.54. The van der Waals surface area contributed by atoms with Crippen LogP contribution in [0.2, 0.25) is 0 Å². The minimum atomic E-state index is -0.234. The quantitative estimate of drug-likeness (QED) is 0.412. The number of fused-ring (bicyclic) bond motifs is 5. The van der Waals surface area contributed by atoms with Crippen molar-refractivity contribution in [1.29, 1.82) is 0 Å².